The summed E-state index contributed by atoms with van der Waals surface area (Å²) >= 11 is 0. The number of rotatable bonds is 7. The van der Waals surface area contributed by atoms with Gasteiger partial charge in [0.1, 0.15) is 0 Å². The van der Waals surface area contributed by atoms with Crippen LogP contribution in [0.4, 0.5) is 5.69 Å². The van der Waals surface area contributed by atoms with Crippen molar-refractivity contribution in [2.24, 2.45) is 5.41 Å². The highest BCUT2D eigenvalue weighted by atomic mass is 16.5. The lowest BCUT2D eigenvalue weighted by molar-refractivity contribution is -0.113. The summed E-state index contributed by atoms with van der Waals surface area (Å²) in [5.41, 5.74) is 8.23. The number of hydrogen-bond donors (Lipinski definition) is 2. The normalized spacial score (nSPS) is 24.4. The number of nitrogens with two attached hydrogens (primary N) is 1. The van der Waals surface area contributed by atoms with Crippen LogP contribution in [0.2, 0.25) is 0 Å². The summed E-state index contributed by atoms with van der Waals surface area (Å²) in [6, 6.07) is 8.76. The van der Waals surface area contributed by atoms with Gasteiger partial charge in [-0.3, -0.25) is 0 Å². The van der Waals surface area contributed by atoms with Crippen molar-refractivity contribution < 1.29 is 4.74 Å². The number of hydrogen-bond acceptors (Lipinski definition) is 3. The van der Waals surface area contributed by atoms with Gasteiger partial charge in [0.25, 0.3) is 0 Å². The summed E-state index contributed by atoms with van der Waals surface area (Å²) in [6.07, 6.45) is 3.79. The van der Waals surface area contributed by atoms with Crippen molar-refractivity contribution in [3.05, 3.63) is 29.8 Å². The van der Waals surface area contributed by atoms with Crippen LogP contribution in [0.1, 0.15) is 39.2 Å². The second kappa shape index (κ2) is 6.59. The quantitative estimate of drug-likeness (QED) is 0.594. The van der Waals surface area contributed by atoms with E-state index in [1.165, 1.54) is 5.56 Å². The van der Waals surface area contributed by atoms with Crippen LogP contribution in [0.3, 0.4) is 0 Å². The van der Waals surface area contributed by atoms with E-state index in [-0.39, 0.29) is 5.41 Å². The van der Waals surface area contributed by atoms with E-state index >= 15 is 0 Å². The number of anilines is 1. The Balaban J connectivity index is 1.67. The SMILES string of the molecule is CCOC1CC(NCCCc2cccc(N)c2)C1(C)C. The molecule has 0 bridgehead atoms. The first-order valence-corrected chi connectivity index (χ1v) is 7.73. The molecule has 3 N–H and O–H groups in total. The van der Waals surface area contributed by atoms with Gasteiger partial charge in [0.2, 0.25) is 0 Å². The molecule has 0 spiro atoms. The van der Waals surface area contributed by atoms with E-state index in [1.54, 1.807) is 0 Å². The van der Waals surface area contributed by atoms with Crippen LogP contribution in [0.15, 0.2) is 24.3 Å². The predicted octanol–water partition coefficient (Wildman–Crippen LogP) is 2.99. The average Bonchev–Trinajstić information content (AvgIpc) is 2.41. The van der Waals surface area contributed by atoms with E-state index in [4.69, 9.17) is 10.5 Å². The molecule has 20 heavy (non-hydrogen) atoms. The smallest absolute Gasteiger partial charge is 0.0655 e. The first-order valence-electron chi connectivity index (χ1n) is 7.73. The van der Waals surface area contributed by atoms with E-state index in [0.29, 0.717) is 12.1 Å². The first-order chi connectivity index (χ1) is 9.54. The predicted molar refractivity (Wildman–Crippen MR) is 84.8 cm³/mol. The maximum Gasteiger partial charge on any atom is 0.0655 e. The molecule has 0 heterocycles. The van der Waals surface area contributed by atoms with E-state index < -0.39 is 0 Å². The molecule has 112 valence electrons. The molecule has 1 fully saturated rings. The fraction of sp³-hybridized carbons (Fsp3) is 0.647. The van der Waals surface area contributed by atoms with E-state index in [0.717, 1.165) is 38.1 Å². The van der Waals surface area contributed by atoms with Gasteiger partial charge in [-0.25, -0.2) is 0 Å². The second-order valence-electron chi connectivity index (χ2n) is 6.36. The Kier molecular flexibility index (Phi) is 5.06. The maximum absolute atomic E-state index is 5.79. The Morgan fingerprint density at radius 1 is 1.40 bits per heavy atom. The highest BCUT2D eigenvalue weighted by Gasteiger charge is 2.48. The monoisotopic (exact) mass is 276 g/mol. The van der Waals surface area contributed by atoms with Crippen molar-refractivity contribution in [2.75, 3.05) is 18.9 Å². The minimum absolute atomic E-state index is 0.257. The van der Waals surface area contributed by atoms with Crippen molar-refractivity contribution in [2.45, 2.75) is 52.2 Å². The standard InChI is InChI=1S/C17H28N2O/c1-4-20-16-12-15(17(16,2)3)19-10-6-8-13-7-5-9-14(18)11-13/h5,7,9,11,15-16,19H,4,6,8,10,12,18H2,1-3H3. The molecule has 3 heteroatoms. The van der Waals surface area contributed by atoms with Gasteiger partial charge in [-0.15, -0.1) is 0 Å². The van der Waals surface area contributed by atoms with E-state index in [1.807, 2.05) is 12.1 Å². The highest BCUT2D eigenvalue weighted by Crippen LogP contribution is 2.42. The Hall–Kier alpha value is -1.06. The molecule has 0 aromatic heterocycles. The molecule has 0 radical (unpaired) electrons. The summed E-state index contributed by atoms with van der Waals surface area (Å²) < 4.78 is 5.76. The summed E-state index contributed by atoms with van der Waals surface area (Å²) in [5.74, 6) is 0. The van der Waals surface area contributed by atoms with Gasteiger partial charge in [-0.1, -0.05) is 26.0 Å². The fourth-order valence-corrected chi connectivity index (χ4v) is 3.03. The molecule has 1 aliphatic rings. The van der Waals surface area contributed by atoms with Gasteiger partial charge >= 0.3 is 0 Å². The Morgan fingerprint density at radius 3 is 2.85 bits per heavy atom. The largest absolute Gasteiger partial charge is 0.399 e. The van der Waals surface area contributed by atoms with Gasteiger partial charge in [0, 0.05) is 23.8 Å². The average molecular weight is 276 g/mol. The topological polar surface area (TPSA) is 47.3 Å². The molecule has 3 nitrogen and oxygen atoms in total. The molecule has 2 rings (SSSR count). The first kappa shape index (κ1) is 15.3. The van der Waals surface area contributed by atoms with Crippen LogP contribution in [0, 0.1) is 5.41 Å². The van der Waals surface area contributed by atoms with Crippen molar-refractivity contribution in [1.82, 2.24) is 5.32 Å². The van der Waals surface area contributed by atoms with Crippen LogP contribution in [0.5, 0.6) is 0 Å². The lowest BCUT2D eigenvalue weighted by Crippen LogP contribution is -2.61. The van der Waals surface area contributed by atoms with Crippen molar-refractivity contribution in [3.8, 4) is 0 Å². The minimum Gasteiger partial charge on any atom is -0.399 e. The van der Waals surface area contributed by atoms with E-state index in [9.17, 15) is 0 Å². The molecule has 1 aromatic rings. The van der Waals surface area contributed by atoms with Gasteiger partial charge in [0.05, 0.1) is 6.10 Å². The molecule has 2 unspecified atom stereocenters. The van der Waals surface area contributed by atoms with Crippen LogP contribution < -0.4 is 11.1 Å². The zero-order chi connectivity index (χ0) is 14.6. The van der Waals surface area contributed by atoms with Crippen LogP contribution >= 0.6 is 0 Å². The zero-order valence-corrected chi connectivity index (χ0v) is 13.0. The number of aryl methyl sites for hydroxylation is 1. The number of nitrogens with one attached hydrogen (secondary N) is 1. The molecule has 1 aliphatic carbocycles. The molecule has 0 amide bonds. The minimum atomic E-state index is 0.257. The number of nitrogen functional groups attached to an aromatic ring is 1. The molecule has 0 saturated heterocycles. The van der Waals surface area contributed by atoms with Gasteiger partial charge in [-0.05, 0) is 50.4 Å². The molecular formula is C17H28N2O. The molecule has 2 atom stereocenters. The summed E-state index contributed by atoms with van der Waals surface area (Å²) in [6.45, 7) is 8.54. The van der Waals surface area contributed by atoms with Gasteiger partial charge in [0.15, 0.2) is 0 Å². The maximum atomic E-state index is 5.79. The van der Waals surface area contributed by atoms with E-state index in [2.05, 4.69) is 38.2 Å². The Morgan fingerprint density at radius 2 is 2.20 bits per heavy atom. The van der Waals surface area contributed by atoms with Gasteiger partial charge < -0.3 is 15.8 Å². The molecule has 0 aliphatic heterocycles. The highest BCUT2D eigenvalue weighted by molar-refractivity contribution is 5.40. The van der Waals surface area contributed by atoms with Crippen LogP contribution in [-0.2, 0) is 11.2 Å². The molecular weight excluding hydrogens is 248 g/mol. The summed E-state index contributed by atoms with van der Waals surface area (Å²) in [7, 11) is 0. The molecule has 1 aromatic carbocycles. The second-order valence-corrected chi connectivity index (χ2v) is 6.36. The molecule has 1 saturated carbocycles. The Bertz CT molecular complexity index is 431. The third-order valence-corrected chi connectivity index (χ3v) is 4.53. The fourth-order valence-electron chi connectivity index (χ4n) is 3.03. The van der Waals surface area contributed by atoms with Crippen LogP contribution in [0.25, 0.3) is 0 Å². The lowest BCUT2D eigenvalue weighted by Gasteiger charge is -2.52. The summed E-state index contributed by atoms with van der Waals surface area (Å²) in [5, 5.41) is 3.67. The van der Waals surface area contributed by atoms with Crippen molar-refractivity contribution in [3.63, 3.8) is 0 Å². The number of benzene rings is 1. The zero-order valence-electron chi connectivity index (χ0n) is 13.0. The number of ether oxygens (including phenoxy) is 1. The Labute approximate surface area is 122 Å². The third kappa shape index (κ3) is 3.53. The third-order valence-electron chi connectivity index (χ3n) is 4.53. The van der Waals surface area contributed by atoms with Crippen molar-refractivity contribution in [1.29, 1.82) is 0 Å². The van der Waals surface area contributed by atoms with Crippen molar-refractivity contribution >= 4 is 5.69 Å². The van der Waals surface area contributed by atoms with Crippen LogP contribution in [-0.4, -0.2) is 25.3 Å². The lowest BCUT2D eigenvalue weighted by atomic mass is 9.64. The van der Waals surface area contributed by atoms with Gasteiger partial charge in [-0.2, -0.15) is 0 Å². The summed E-state index contributed by atoms with van der Waals surface area (Å²) in [4.78, 5) is 0.